The lowest BCUT2D eigenvalue weighted by atomic mass is 10.1. The zero-order valence-electron chi connectivity index (χ0n) is 21.3. The van der Waals surface area contributed by atoms with E-state index >= 15 is 0 Å². The second kappa shape index (κ2) is 13.4. The van der Waals surface area contributed by atoms with Crippen LogP contribution in [0.3, 0.4) is 0 Å². The number of rotatable bonds is 13. The molecule has 2 saturated heterocycles. The van der Waals surface area contributed by atoms with Gasteiger partial charge in [-0.2, -0.15) is 9.97 Å². The van der Waals surface area contributed by atoms with Gasteiger partial charge < -0.3 is 39.7 Å². The van der Waals surface area contributed by atoms with Crippen LogP contribution in [0.2, 0.25) is 0 Å². The van der Waals surface area contributed by atoms with Gasteiger partial charge >= 0.3 is 7.60 Å². The van der Waals surface area contributed by atoms with Crippen LogP contribution >= 0.6 is 7.60 Å². The molecule has 0 unspecified atom stereocenters. The van der Waals surface area contributed by atoms with Crippen molar-refractivity contribution in [2.45, 2.75) is 38.4 Å². The molecule has 0 radical (unpaired) electrons. The molecular formula is C22H38N9O5P. The summed E-state index contributed by atoms with van der Waals surface area (Å²) in [6.45, 7) is 6.71. The molecule has 2 aliphatic rings. The third kappa shape index (κ3) is 9.16. The number of hydrogen-bond acceptors (Lipinski definition) is 11. The number of nitrogens with one attached hydrogen (secondary N) is 2. The van der Waals surface area contributed by atoms with Gasteiger partial charge in [-0.3, -0.25) is 9.25 Å². The number of piperidine rings is 1. The van der Waals surface area contributed by atoms with Crippen LogP contribution < -0.4 is 15.5 Å². The summed E-state index contributed by atoms with van der Waals surface area (Å²) >= 11 is 0. The predicted molar refractivity (Wildman–Crippen MR) is 139 cm³/mol. The van der Waals surface area contributed by atoms with Crippen LogP contribution in [0, 0.1) is 0 Å². The summed E-state index contributed by atoms with van der Waals surface area (Å²) < 4.78 is 23.6. The summed E-state index contributed by atoms with van der Waals surface area (Å²) in [5, 5.41) is 15.2. The van der Waals surface area contributed by atoms with Crippen molar-refractivity contribution >= 4 is 25.2 Å². The Morgan fingerprint density at radius 3 is 2.68 bits per heavy atom. The summed E-state index contributed by atoms with van der Waals surface area (Å²) in [5.74, 6) is 2.10. The molecule has 0 saturated carbocycles. The Hall–Kier alpha value is -2.35. The molecule has 2 aromatic rings. The SMILES string of the molecule is COCCCn1cc(CNc2nc(NC3CCN(CCP(=O)(O)O)CC3)cc(N3CCOCC3)n2)nn1. The van der Waals surface area contributed by atoms with E-state index in [1.54, 1.807) is 11.8 Å². The fourth-order valence-electron chi connectivity index (χ4n) is 4.39. The van der Waals surface area contributed by atoms with Crippen molar-refractivity contribution in [1.29, 1.82) is 0 Å². The molecule has 2 fully saturated rings. The molecule has 37 heavy (non-hydrogen) atoms. The fraction of sp³-hybridized carbons (Fsp3) is 0.727. The van der Waals surface area contributed by atoms with Gasteiger partial charge in [0.05, 0.1) is 32.1 Å². The Bertz CT molecular complexity index is 1020. The van der Waals surface area contributed by atoms with Gasteiger partial charge in [-0.1, -0.05) is 5.21 Å². The van der Waals surface area contributed by atoms with Crippen LogP contribution in [0.25, 0.3) is 0 Å². The van der Waals surface area contributed by atoms with Crippen LogP contribution in [0.5, 0.6) is 0 Å². The van der Waals surface area contributed by atoms with Crippen LogP contribution in [0.4, 0.5) is 17.6 Å². The van der Waals surface area contributed by atoms with Crippen molar-refractivity contribution in [3.8, 4) is 0 Å². The first kappa shape index (κ1) is 27.7. The number of methoxy groups -OCH3 is 1. The summed E-state index contributed by atoms with van der Waals surface area (Å²) in [5.41, 5.74) is 0.801. The Labute approximate surface area is 216 Å². The van der Waals surface area contributed by atoms with Crippen molar-refractivity contribution < 1.29 is 23.8 Å². The summed E-state index contributed by atoms with van der Waals surface area (Å²) in [6.07, 6.45) is 4.42. The highest BCUT2D eigenvalue weighted by molar-refractivity contribution is 7.51. The van der Waals surface area contributed by atoms with Gasteiger partial charge in [0.25, 0.3) is 0 Å². The monoisotopic (exact) mass is 539 g/mol. The van der Waals surface area contributed by atoms with E-state index in [1.807, 2.05) is 12.3 Å². The number of aryl methyl sites for hydroxylation is 1. The lowest BCUT2D eigenvalue weighted by Crippen LogP contribution is -2.40. The molecule has 0 spiro atoms. The molecule has 0 atom stereocenters. The van der Waals surface area contributed by atoms with E-state index < -0.39 is 7.60 Å². The van der Waals surface area contributed by atoms with E-state index in [0.717, 1.165) is 69.3 Å². The lowest BCUT2D eigenvalue weighted by molar-refractivity contribution is 0.122. The second-order valence-corrected chi connectivity index (χ2v) is 11.1. The van der Waals surface area contributed by atoms with Crippen molar-refractivity contribution in [3.05, 3.63) is 18.0 Å². The lowest BCUT2D eigenvalue weighted by Gasteiger charge is -2.33. The van der Waals surface area contributed by atoms with E-state index in [1.165, 1.54) is 0 Å². The average molecular weight is 540 g/mol. The number of anilines is 3. The maximum atomic E-state index is 11.2. The Morgan fingerprint density at radius 2 is 1.95 bits per heavy atom. The maximum absolute atomic E-state index is 11.2. The van der Waals surface area contributed by atoms with Crippen molar-refractivity contribution in [2.24, 2.45) is 0 Å². The van der Waals surface area contributed by atoms with Gasteiger partial charge in [-0.25, -0.2) is 0 Å². The smallest absolute Gasteiger partial charge is 0.326 e. The summed E-state index contributed by atoms with van der Waals surface area (Å²) in [7, 11) is -2.29. The van der Waals surface area contributed by atoms with Gasteiger partial charge in [0.15, 0.2) is 0 Å². The first-order valence-electron chi connectivity index (χ1n) is 12.7. The number of nitrogens with zero attached hydrogens (tertiary/aromatic N) is 7. The number of hydrogen-bond donors (Lipinski definition) is 4. The van der Waals surface area contributed by atoms with Crippen molar-refractivity contribution in [2.75, 3.05) is 81.3 Å². The highest BCUT2D eigenvalue weighted by atomic mass is 31.2. The zero-order chi connectivity index (χ0) is 26.1. The van der Waals surface area contributed by atoms with Gasteiger partial charge in [-0.15, -0.1) is 5.10 Å². The zero-order valence-corrected chi connectivity index (χ0v) is 22.2. The largest absolute Gasteiger partial charge is 0.385 e. The Kier molecular flexibility index (Phi) is 10.1. The molecule has 0 aromatic carbocycles. The second-order valence-electron chi connectivity index (χ2n) is 9.36. The fourth-order valence-corrected chi connectivity index (χ4v) is 4.94. The number of aromatic nitrogens is 5. The van der Waals surface area contributed by atoms with Crippen molar-refractivity contribution in [1.82, 2.24) is 29.9 Å². The van der Waals surface area contributed by atoms with Gasteiger partial charge in [0.1, 0.15) is 17.3 Å². The molecule has 14 nitrogen and oxygen atoms in total. The number of ether oxygens (including phenoxy) is 2. The van der Waals surface area contributed by atoms with E-state index in [-0.39, 0.29) is 12.2 Å². The van der Waals surface area contributed by atoms with Gasteiger partial charge in [0.2, 0.25) is 5.95 Å². The first-order valence-corrected chi connectivity index (χ1v) is 14.5. The molecule has 4 rings (SSSR count). The maximum Gasteiger partial charge on any atom is 0.326 e. The minimum Gasteiger partial charge on any atom is -0.385 e. The number of morpholine rings is 1. The molecule has 15 heteroatoms. The highest BCUT2D eigenvalue weighted by Gasteiger charge is 2.23. The van der Waals surface area contributed by atoms with Crippen molar-refractivity contribution in [3.63, 3.8) is 0 Å². The van der Waals surface area contributed by atoms with E-state index in [4.69, 9.17) is 29.2 Å². The Balaban J connectivity index is 1.37. The van der Waals surface area contributed by atoms with Gasteiger partial charge in [0, 0.05) is 65.1 Å². The molecule has 4 heterocycles. The minimum absolute atomic E-state index is 0.101. The molecule has 0 aliphatic carbocycles. The quantitative estimate of drug-likeness (QED) is 0.207. The van der Waals surface area contributed by atoms with Crippen LogP contribution in [-0.2, 0) is 27.1 Å². The summed E-state index contributed by atoms with van der Waals surface area (Å²) in [4.78, 5) is 32.0. The van der Waals surface area contributed by atoms with E-state index in [0.29, 0.717) is 38.9 Å². The third-order valence-corrected chi connectivity index (χ3v) is 7.23. The third-order valence-electron chi connectivity index (χ3n) is 6.44. The first-order chi connectivity index (χ1) is 17.9. The number of likely N-dealkylation sites (tertiary alicyclic amines) is 1. The topological polar surface area (TPSA) is 163 Å². The normalized spacial score (nSPS) is 17.8. The van der Waals surface area contributed by atoms with Gasteiger partial charge in [-0.05, 0) is 19.3 Å². The predicted octanol–water partition coefficient (Wildman–Crippen LogP) is 0.607. The summed E-state index contributed by atoms with van der Waals surface area (Å²) in [6, 6.07) is 2.20. The Morgan fingerprint density at radius 1 is 1.16 bits per heavy atom. The van der Waals surface area contributed by atoms with E-state index in [2.05, 4.69) is 30.7 Å². The molecule has 0 amide bonds. The molecular weight excluding hydrogens is 501 g/mol. The van der Waals surface area contributed by atoms with Crippen LogP contribution in [0.1, 0.15) is 25.0 Å². The molecule has 2 aromatic heterocycles. The highest BCUT2D eigenvalue weighted by Crippen LogP contribution is 2.34. The minimum atomic E-state index is -3.97. The average Bonchev–Trinajstić information content (AvgIpc) is 3.35. The molecule has 4 N–H and O–H groups in total. The van der Waals surface area contributed by atoms with Crippen LogP contribution in [-0.4, -0.2) is 112 Å². The molecule has 206 valence electrons. The van der Waals surface area contributed by atoms with Crippen LogP contribution in [0.15, 0.2) is 12.3 Å². The van der Waals surface area contributed by atoms with E-state index in [9.17, 15) is 4.57 Å². The standard InChI is InChI=1S/C22H38N9O5P/c1-35-11-2-5-31-17-19(27-28-31)16-23-22-25-20(15-21(26-22)30-8-12-36-13-9-30)24-18-3-6-29(7-4-18)10-14-37(32,33)34/h15,17-18H,2-14,16H2,1H3,(H2,32,33,34)(H2,23,24,25,26). The molecule has 2 aliphatic heterocycles. The molecule has 0 bridgehead atoms.